The van der Waals surface area contributed by atoms with Crippen molar-refractivity contribution in [3.63, 3.8) is 0 Å². The molecule has 0 saturated carbocycles. The van der Waals surface area contributed by atoms with Gasteiger partial charge in [-0.15, -0.1) is 0 Å². The second kappa shape index (κ2) is 6.23. The SMILES string of the molecule is CCC(C)(CC#N)N=NC(C)(CC)CC#N. The van der Waals surface area contributed by atoms with E-state index >= 15 is 0 Å². The maximum atomic E-state index is 8.72. The molecule has 2 atom stereocenters. The minimum Gasteiger partial charge on any atom is -0.198 e. The highest BCUT2D eigenvalue weighted by molar-refractivity contribution is 4.94. The largest absolute Gasteiger partial charge is 0.198 e. The van der Waals surface area contributed by atoms with E-state index in [9.17, 15) is 0 Å². The number of azo groups is 1. The lowest BCUT2D eigenvalue weighted by atomic mass is 9.95. The molecule has 0 spiro atoms. The van der Waals surface area contributed by atoms with Gasteiger partial charge in [0.2, 0.25) is 0 Å². The van der Waals surface area contributed by atoms with Gasteiger partial charge in [0, 0.05) is 0 Å². The van der Waals surface area contributed by atoms with Crippen LogP contribution in [0.15, 0.2) is 10.2 Å². The standard InChI is InChI=1S/C12H20N4/c1-5-11(3,7-9-13)15-16-12(4,6-2)8-10-14/h5-8H2,1-4H3. The molecule has 0 rings (SSSR count). The molecule has 0 bridgehead atoms. The number of nitrogens with zero attached hydrogens (tertiary/aromatic N) is 4. The summed E-state index contributed by atoms with van der Waals surface area (Å²) >= 11 is 0. The molecule has 0 aliphatic carbocycles. The van der Waals surface area contributed by atoms with Crippen molar-refractivity contribution in [1.29, 1.82) is 10.5 Å². The summed E-state index contributed by atoms with van der Waals surface area (Å²) in [5.74, 6) is 0. The average Bonchev–Trinajstić information content (AvgIpc) is 2.27. The van der Waals surface area contributed by atoms with E-state index in [0.717, 1.165) is 12.8 Å². The van der Waals surface area contributed by atoms with Gasteiger partial charge in [0.05, 0.1) is 36.1 Å². The number of nitriles is 2. The Hall–Kier alpha value is -1.42. The normalized spacial score (nSPS) is 18.4. The summed E-state index contributed by atoms with van der Waals surface area (Å²) in [6, 6.07) is 4.25. The Morgan fingerprint density at radius 2 is 1.19 bits per heavy atom. The zero-order valence-electron chi connectivity index (χ0n) is 10.6. The Balaban J connectivity index is 4.79. The summed E-state index contributed by atoms with van der Waals surface area (Å²) in [6.45, 7) is 7.82. The maximum absolute atomic E-state index is 8.72. The zero-order valence-corrected chi connectivity index (χ0v) is 10.6. The molecule has 0 aromatic heterocycles. The van der Waals surface area contributed by atoms with Crippen LogP contribution in [0.25, 0.3) is 0 Å². The monoisotopic (exact) mass is 220 g/mol. The fourth-order valence-corrected chi connectivity index (χ4v) is 1.04. The Morgan fingerprint density at radius 1 is 0.875 bits per heavy atom. The van der Waals surface area contributed by atoms with E-state index in [-0.39, 0.29) is 0 Å². The molecular formula is C12H20N4. The van der Waals surface area contributed by atoms with Crippen molar-refractivity contribution in [1.82, 2.24) is 0 Å². The van der Waals surface area contributed by atoms with Crippen LogP contribution in [-0.4, -0.2) is 11.1 Å². The maximum Gasteiger partial charge on any atom is 0.0914 e. The van der Waals surface area contributed by atoms with Crippen LogP contribution < -0.4 is 0 Å². The third-order valence-corrected chi connectivity index (χ3v) is 2.98. The zero-order chi connectivity index (χ0) is 12.7. The van der Waals surface area contributed by atoms with Crippen LogP contribution in [0.3, 0.4) is 0 Å². The molecule has 0 fully saturated rings. The van der Waals surface area contributed by atoms with E-state index in [1.54, 1.807) is 0 Å². The second-order valence-corrected chi connectivity index (χ2v) is 4.57. The highest BCUT2D eigenvalue weighted by Crippen LogP contribution is 2.25. The second-order valence-electron chi connectivity index (χ2n) is 4.57. The predicted molar refractivity (Wildman–Crippen MR) is 62.7 cm³/mol. The minimum atomic E-state index is -0.416. The summed E-state index contributed by atoms with van der Waals surface area (Å²) in [6.07, 6.45) is 2.27. The third kappa shape index (κ3) is 4.40. The van der Waals surface area contributed by atoms with Crippen molar-refractivity contribution in [3.05, 3.63) is 0 Å². The first-order valence-electron chi connectivity index (χ1n) is 5.63. The van der Waals surface area contributed by atoms with Crippen molar-refractivity contribution in [2.24, 2.45) is 10.2 Å². The summed E-state index contributed by atoms with van der Waals surface area (Å²) in [7, 11) is 0. The molecule has 2 unspecified atom stereocenters. The number of rotatable bonds is 6. The van der Waals surface area contributed by atoms with Crippen LogP contribution in [0, 0.1) is 22.7 Å². The Labute approximate surface area is 98.0 Å². The lowest BCUT2D eigenvalue weighted by Gasteiger charge is -2.23. The van der Waals surface area contributed by atoms with Gasteiger partial charge in [-0.2, -0.15) is 20.8 Å². The highest BCUT2D eigenvalue weighted by Gasteiger charge is 2.25. The minimum absolute atomic E-state index is 0.360. The average molecular weight is 220 g/mol. The van der Waals surface area contributed by atoms with Gasteiger partial charge in [-0.3, -0.25) is 0 Å². The van der Waals surface area contributed by atoms with Gasteiger partial charge in [-0.1, -0.05) is 13.8 Å². The molecule has 88 valence electrons. The fraction of sp³-hybridized carbons (Fsp3) is 0.833. The molecule has 4 heteroatoms. The molecule has 0 amide bonds. The smallest absolute Gasteiger partial charge is 0.0914 e. The topological polar surface area (TPSA) is 72.3 Å². The molecule has 0 aliphatic rings. The lowest BCUT2D eigenvalue weighted by Crippen LogP contribution is -2.24. The molecule has 16 heavy (non-hydrogen) atoms. The van der Waals surface area contributed by atoms with E-state index in [1.165, 1.54) is 0 Å². The Morgan fingerprint density at radius 3 is 1.38 bits per heavy atom. The lowest BCUT2D eigenvalue weighted by molar-refractivity contribution is 0.373. The molecule has 0 heterocycles. The number of hydrogen-bond donors (Lipinski definition) is 0. The van der Waals surface area contributed by atoms with Crippen molar-refractivity contribution in [3.8, 4) is 12.1 Å². The van der Waals surface area contributed by atoms with Crippen LogP contribution in [0.5, 0.6) is 0 Å². The first-order valence-corrected chi connectivity index (χ1v) is 5.63. The third-order valence-electron chi connectivity index (χ3n) is 2.98. The summed E-state index contributed by atoms with van der Waals surface area (Å²) in [5, 5.41) is 26.0. The molecule has 0 saturated heterocycles. The van der Waals surface area contributed by atoms with Gasteiger partial charge in [0.15, 0.2) is 0 Å². The molecule has 0 aliphatic heterocycles. The van der Waals surface area contributed by atoms with Crippen LogP contribution in [-0.2, 0) is 0 Å². The quantitative estimate of drug-likeness (QED) is 0.641. The van der Waals surface area contributed by atoms with E-state index < -0.39 is 11.1 Å². The molecule has 0 aromatic carbocycles. The molecular weight excluding hydrogens is 200 g/mol. The highest BCUT2D eigenvalue weighted by atomic mass is 15.2. The van der Waals surface area contributed by atoms with Crippen molar-refractivity contribution < 1.29 is 0 Å². The van der Waals surface area contributed by atoms with Gasteiger partial charge in [-0.25, -0.2) is 0 Å². The van der Waals surface area contributed by atoms with E-state index in [1.807, 2.05) is 27.7 Å². The van der Waals surface area contributed by atoms with Crippen molar-refractivity contribution in [2.75, 3.05) is 0 Å². The summed E-state index contributed by atoms with van der Waals surface area (Å²) in [5.41, 5.74) is -0.832. The van der Waals surface area contributed by atoms with Crippen LogP contribution in [0.1, 0.15) is 53.4 Å². The van der Waals surface area contributed by atoms with E-state index in [0.29, 0.717) is 12.8 Å². The Bertz CT molecular complexity index is 291. The van der Waals surface area contributed by atoms with Gasteiger partial charge in [0.25, 0.3) is 0 Å². The van der Waals surface area contributed by atoms with E-state index in [4.69, 9.17) is 10.5 Å². The molecule has 0 radical (unpaired) electrons. The molecule has 0 N–H and O–H groups in total. The summed E-state index contributed by atoms with van der Waals surface area (Å²) < 4.78 is 0. The van der Waals surface area contributed by atoms with Gasteiger partial charge in [0.1, 0.15) is 0 Å². The van der Waals surface area contributed by atoms with Crippen molar-refractivity contribution >= 4 is 0 Å². The van der Waals surface area contributed by atoms with Gasteiger partial charge >= 0.3 is 0 Å². The van der Waals surface area contributed by atoms with Gasteiger partial charge in [-0.05, 0) is 26.7 Å². The number of hydrogen-bond acceptors (Lipinski definition) is 4. The Kier molecular flexibility index (Phi) is 5.67. The first-order chi connectivity index (χ1) is 7.45. The van der Waals surface area contributed by atoms with Gasteiger partial charge < -0.3 is 0 Å². The molecule has 0 aromatic rings. The van der Waals surface area contributed by atoms with E-state index in [2.05, 4.69) is 22.4 Å². The van der Waals surface area contributed by atoms with Crippen LogP contribution in [0.4, 0.5) is 0 Å². The first kappa shape index (κ1) is 14.6. The van der Waals surface area contributed by atoms with Crippen LogP contribution >= 0.6 is 0 Å². The summed E-state index contributed by atoms with van der Waals surface area (Å²) in [4.78, 5) is 0. The fourth-order valence-electron chi connectivity index (χ4n) is 1.04. The van der Waals surface area contributed by atoms with Crippen molar-refractivity contribution in [2.45, 2.75) is 64.5 Å². The molecule has 4 nitrogen and oxygen atoms in total. The predicted octanol–water partition coefficient (Wildman–Crippen LogP) is 3.60. The van der Waals surface area contributed by atoms with Crippen LogP contribution in [0.2, 0.25) is 0 Å².